The minimum absolute atomic E-state index is 0.109. The van der Waals surface area contributed by atoms with Crippen LogP contribution < -0.4 is 10.6 Å². The van der Waals surface area contributed by atoms with Crippen molar-refractivity contribution in [3.05, 3.63) is 60.2 Å². The van der Waals surface area contributed by atoms with Gasteiger partial charge in [-0.1, -0.05) is 66.2 Å². The number of Topliss-reactive ketones (excluding diaryl/α,β-unsaturated/α-hetero) is 2. The van der Waals surface area contributed by atoms with Crippen molar-refractivity contribution in [2.75, 3.05) is 23.0 Å². The summed E-state index contributed by atoms with van der Waals surface area (Å²) >= 11 is 3.67. The van der Waals surface area contributed by atoms with Crippen LogP contribution in [-0.2, 0) is 9.59 Å². The van der Waals surface area contributed by atoms with E-state index in [2.05, 4.69) is 48.3 Å². The molecule has 0 radical (unpaired) electrons. The molecular weight excluding hydrogens is 641 g/mol. The fourth-order valence-corrected chi connectivity index (χ4v) is 7.24. The third kappa shape index (κ3) is 18.7. The number of unbranched alkanes of at least 4 members (excludes halogenated alkanes) is 7. The van der Waals surface area contributed by atoms with Gasteiger partial charge in [0, 0.05) is 49.1 Å². The number of amides is 2. The molecule has 0 fully saturated rings. The maximum atomic E-state index is 12.9. The normalized spacial score (nSPS) is 12.5. The first kappa shape index (κ1) is 41.5. The van der Waals surface area contributed by atoms with Crippen LogP contribution in [-0.4, -0.2) is 68.4 Å². The van der Waals surface area contributed by atoms with Crippen LogP contribution in [0.5, 0.6) is 0 Å². The van der Waals surface area contributed by atoms with E-state index in [-0.39, 0.29) is 23.4 Å². The van der Waals surface area contributed by atoms with Crippen LogP contribution in [0.4, 0.5) is 0 Å². The number of nitrogens with zero attached hydrogens (tertiary/aromatic N) is 2. The zero-order valence-electron chi connectivity index (χ0n) is 29.6. The molecule has 0 aromatic carbocycles. The van der Waals surface area contributed by atoms with Crippen molar-refractivity contribution in [1.82, 2.24) is 20.6 Å². The van der Waals surface area contributed by atoms with E-state index in [1.807, 2.05) is 23.5 Å². The standard InChI is InChI=1S/C38H58N4O4S2/c1-29(2)25-33(41-37(45)31-15-13-19-39-27-31)35(43)17-23-47-21-11-9-7-5-6-8-10-12-22-48-24-18-36(44)34(26-30(3)4)42-38(46)32-16-14-20-40-28-32/h13-16,19-20,27-30,33-34H,5-12,17-18,21-26H2,1-4H3,(H,41,45)(H,42,46)/t33-,34-/m0/s1. The number of ketones is 2. The van der Waals surface area contributed by atoms with E-state index in [0.717, 1.165) is 23.0 Å². The van der Waals surface area contributed by atoms with Gasteiger partial charge in [-0.15, -0.1) is 0 Å². The van der Waals surface area contributed by atoms with Crippen LogP contribution in [0.3, 0.4) is 0 Å². The van der Waals surface area contributed by atoms with Crippen molar-refractivity contribution < 1.29 is 19.2 Å². The molecule has 0 aliphatic carbocycles. The zero-order valence-corrected chi connectivity index (χ0v) is 31.2. The van der Waals surface area contributed by atoms with Crippen molar-refractivity contribution in [3.8, 4) is 0 Å². The summed E-state index contributed by atoms with van der Waals surface area (Å²) in [5.41, 5.74) is 0.956. The number of carbonyl (C=O) groups is 4. The Morgan fingerprint density at radius 3 is 1.29 bits per heavy atom. The van der Waals surface area contributed by atoms with Crippen molar-refractivity contribution in [1.29, 1.82) is 0 Å². The highest BCUT2D eigenvalue weighted by Crippen LogP contribution is 2.16. The van der Waals surface area contributed by atoms with Crippen LogP contribution >= 0.6 is 23.5 Å². The predicted octanol–water partition coefficient (Wildman–Crippen LogP) is 7.97. The minimum Gasteiger partial charge on any atom is -0.342 e. The molecule has 0 saturated carbocycles. The Labute approximate surface area is 297 Å². The molecule has 0 aliphatic rings. The molecule has 0 unspecified atom stereocenters. The molecule has 2 heterocycles. The molecule has 0 spiro atoms. The average molecular weight is 699 g/mol. The molecule has 2 atom stereocenters. The minimum atomic E-state index is -0.451. The zero-order chi connectivity index (χ0) is 35.0. The van der Waals surface area contributed by atoms with Crippen LogP contribution in [0.2, 0.25) is 0 Å². The molecular formula is C38H58N4O4S2. The molecule has 2 amide bonds. The molecule has 0 aliphatic heterocycles. The summed E-state index contributed by atoms with van der Waals surface area (Å²) in [5.74, 6) is 4.10. The molecule has 266 valence electrons. The van der Waals surface area contributed by atoms with E-state index in [4.69, 9.17) is 0 Å². The van der Waals surface area contributed by atoms with Crippen LogP contribution in [0.25, 0.3) is 0 Å². The number of rotatable bonds is 27. The Balaban J connectivity index is 1.45. The molecule has 0 saturated heterocycles. The second kappa shape index (κ2) is 25.3. The second-order valence-corrected chi connectivity index (χ2v) is 15.7. The second-order valence-electron chi connectivity index (χ2n) is 13.3. The Morgan fingerprint density at radius 2 is 0.958 bits per heavy atom. The van der Waals surface area contributed by atoms with Gasteiger partial charge in [-0.05, 0) is 73.3 Å². The number of pyridine rings is 2. The molecule has 2 N–H and O–H groups in total. The van der Waals surface area contributed by atoms with Crippen molar-refractivity contribution in [3.63, 3.8) is 0 Å². The number of nitrogens with one attached hydrogen (secondary N) is 2. The van der Waals surface area contributed by atoms with Gasteiger partial charge in [0.05, 0.1) is 23.2 Å². The smallest absolute Gasteiger partial charge is 0.253 e. The van der Waals surface area contributed by atoms with Gasteiger partial charge in [0.15, 0.2) is 11.6 Å². The molecule has 2 rings (SSSR count). The number of hydrogen-bond acceptors (Lipinski definition) is 8. The number of carbonyl (C=O) groups excluding carboxylic acids is 4. The van der Waals surface area contributed by atoms with Crippen molar-refractivity contribution in [2.24, 2.45) is 11.8 Å². The average Bonchev–Trinajstić information content (AvgIpc) is 3.07. The van der Waals surface area contributed by atoms with Gasteiger partial charge in [-0.2, -0.15) is 23.5 Å². The third-order valence-electron chi connectivity index (χ3n) is 7.96. The van der Waals surface area contributed by atoms with Crippen molar-refractivity contribution in [2.45, 2.75) is 117 Å². The van der Waals surface area contributed by atoms with Gasteiger partial charge < -0.3 is 10.6 Å². The van der Waals surface area contributed by atoms with E-state index in [0.29, 0.717) is 48.6 Å². The molecule has 0 bridgehead atoms. The van der Waals surface area contributed by atoms with E-state index in [9.17, 15) is 19.2 Å². The summed E-state index contributed by atoms with van der Waals surface area (Å²) in [5, 5.41) is 5.85. The van der Waals surface area contributed by atoms with E-state index in [1.54, 1.807) is 36.7 Å². The lowest BCUT2D eigenvalue weighted by Gasteiger charge is -2.19. The van der Waals surface area contributed by atoms with Gasteiger partial charge in [-0.3, -0.25) is 29.1 Å². The first-order valence-corrected chi connectivity index (χ1v) is 20.1. The Kier molecular flexibility index (Phi) is 21.8. The van der Waals surface area contributed by atoms with Gasteiger partial charge in [0.25, 0.3) is 11.8 Å². The van der Waals surface area contributed by atoms with Crippen molar-refractivity contribution >= 4 is 46.9 Å². The lowest BCUT2D eigenvalue weighted by molar-refractivity contribution is -0.121. The molecule has 2 aromatic rings. The van der Waals surface area contributed by atoms with Gasteiger partial charge in [-0.25, -0.2) is 0 Å². The molecule has 2 aromatic heterocycles. The maximum absolute atomic E-state index is 12.9. The molecule has 48 heavy (non-hydrogen) atoms. The summed E-state index contributed by atoms with van der Waals surface area (Å²) in [6, 6.07) is 5.97. The van der Waals surface area contributed by atoms with E-state index < -0.39 is 12.1 Å². The quantitative estimate of drug-likeness (QED) is 0.0903. The number of hydrogen-bond donors (Lipinski definition) is 2. The largest absolute Gasteiger partial charge is 0.342 e. The van der Waals surface area contributed by atoms with E-state index in [1.165, 1.54) is 63.8 Å². The monoisotopic (exact) mass is 698 g/mol. The highest BCUT2D eigenvalue weighted by atomic mass is 32.2. The highest BCUT2D eigenvalue weighted by Gasteiger charge is 2.23. The topological polar surface area (TPSA) is 118 Å². The number of aromatic nitrogens is 2. The van der Waals surface area contributed by atoms with Crippen LogP contribution in [0.1, 0.15) is 125 Å². The van der Waals surface area contributed by atoms with Gasteiger partial charge >= 0.3 is 0 Å². The first-order chi connectivity index (χ1) is 23.2. The fourth-order valence-electron chi connectivity index (χ4n) is 5.33. The first-order valence-electron chi connectivity index (χ1n) is 17.8. The van der Waals surface area contributed by atoms with Gasteiger partial charge in [0.1, 0.15) is 0 Å². The third-order valence-corrected chi connectivity index (χ3v) is 10.1. The summed E-state index contributed by atoms with van der Waals surface area (Å²) in [4.78, 5) is 58.8. The predicted molar refractivity (Wildman–Crippen MR) is 201 cm³/mol. The summed E-state index contributed by atoms with van der Waals surface area (Å²) in [7, 11) is 0. The fraction of sp³-hybridized carbons (Fsp3) is 0.632. The Morgan fingerprint density at radius 1 is 0.583 bits per heavy atom. The lowest BCUT2D eigenvalue weighted by Crippen LogP contribution is -2.42. The maximum Gasteiger partial charge on any atom is 0.253 e. The van der Waals surface area contributed by atoms with Crippen LogP contribution in [0.15, 0.2) is 49.1 Å². The Hall–Kier alpha value is -2.72. The SMILES string of the molecule is CC(C)C[C@H](NC(=O)c1cccnc1)C(=O)CCSCCCCCCCCCCSCCC(=O)[C@H](CC(C)C)NC(=O)c1cccnc1. The number of thioether (sulfide) groups is 2. The van der Waals surface area contributed by atoms with Crippen LogP contribution in [0, 0.1) is 11.8 Å². The lowest BCUT2D eigenvalue weighted by atomic mass is 9.98. The molecule has 10 heteroatoms. The summed E-state index contributed by atoms with van der Waals surface area (Å²) in [6.07, 6.45) is 18.4. The van der Waals surface area contributed by atoms with E-state index >= 15 is 0 Å². The highest BCUT2D eigenvalue weighted by molar-refractivity contribution is 7.99. The summed E-state index contributed by atoms with van der Waals surface area (Å²) in [6.45, 7) is 8.27. The molecule has 8 nitrogen and oxygen atoms in total. The van der Waals surface area contributed by atoms with Gasteiger partial charge in [0.2, 0.25) is 0 Å². The Bertz CT molecular complexity index is 1100. The summed E-state index contributed by atoms with van der Waals surface area (Å²) < 4.78 is 0.